The average Bonchev–Trinajstić information content (AvgIpc) is 2.92. The lowest BCUT2D eigenvalue weighted by Crippen LogP contribution is -2.40. The second-order valence-electron chi connectivity index (χ2n) is 5.53. The number of hydrogen-bond donors (Lipinski definition) is 0. The van der Waals surface area contributed by atoms with Crippen molar-refractivity contribution < 1.29 is 9.53 Å². The van der Waals surface area contributed by atoms with Gasteiger partial charge in [-0.3, -0.25) is 4.79 Å². The van der Waals surface area contributed by atoms with E-state index in [2.05, 4.69) is 22.5 Å². The van der Waals surface area contributed by atoms with Crippen LogP contribution in [0.25, 0.3) is 0 Å². The van der Waals surface area contributed by atoms with Crippen LogP contribution in [0.5, 0.6) is 0 Å². The van der Waals surface area contributed by atoms with Gasteiger partial charge in [-0.1, -0.05) is 49.0 Å². The highest BCUT2D eigenvalue weighted by Gasteiger charge is 2.42. The topological polar surface area (TPSA) is 29.5 Å². The van der Waals surface area contributed by atoms with E-state index < -0.39 is 6.23 Å². The predicted molar refractivity (Wildman–Crippen MR) is 94.0 cm³/mol. The van der Waals surface area contributed by atoms with Crippen LogP contribution in [-0.4, -0.2) is 23.1 Å². The minimum absolute atomic E-state index is 0.0618. The van der Waals surface area contributed by atoms with Crippen molar-refractivity contribution in [1.82, 2.24) is 4.90 Å². The molecule has 1 saturated heterocycles. The SMILES string of the molecule is C=C[C@@H]1O[C@H](c2ccccc2)[C@H](C)N1C(=O)c1ccccc1Br. The first-order chi connectivity index (χ1) is 11.1. The molecule has 3 nitrogen and oxygen atoms in total. The van der Waals surface area contributed by atoms with Gasteiger partial charge in [0.1, 0.15) is 6.10 Å². The summed E-state index contributed by atoms with van der Waals surface area (Å²) in [7, 11) is 0. The summed E-state index contributed by atoms with van der Waals surface area (Å²) < 4.78 is 6.86. The van der Waals surface area contributed by atoms with Crippen LogP contribution < -0.4 is 0 Å². The van der Waals surface area contributed by atoms with Gasteiger partial charge in [-0.05, 0) is 46.6 Å². The Kier molecular flexibility index (Phi) is 4.64. The Hall–Kier alpha value is -1.91. The molecule has 0 radical (unpaired) electrons. The molecule has 1 heterocycles. The molecule has 118 valence electrons. The lowest BCUT2D eigenvalue weighted by atomic mass is 10.0. The molecule has 0 aliphatic carbocycles. The molecule has 3 rings (SSSR count). The molecule has 2 aromatic rings. The number of amides is 1. The van der Waals surface area contributed by atoms with Crippen molar-refractivity contribution in [3.63, 3.8) is 0 Å². The third-order valence-corrected chi connectivity index (χ3v) is 4.80. The number of carbonyl (C=O) groups excluding carboxylic acids is 1. The molecular weight excluding hydrogens is 354 g/mol. The lowest BCUT2D eigenvalue weighted by molar-refractivity contribution is 0.0297. The molecule has 4 heteroatoms. The fraction of sp³-hybridized carbons (Fsp3) is 0.211. The quantitative estimate of drug-likeness (QED) is 0.739. The molecule has 1 fully saturated rings. The highest BCUT2D eigenvalue weighted by Crippen LogP contribution is 2.36. The van der Waals surface area contributed by atoms with Crippen molar-refractivity contribution >= 4 is 21.8 Å². The summed E-state index contributed by atoms with van der Waals surface area (Å²) in [5, 5.41) is 0. The van der Waals surface area contributed by atoms with Gasteiger partial charge in [0.15, 0.2) is 6.23 Å². The molecule has 1 aliphatic heterocycles. The van der Waals surface area contributed by atoms with Crippen molar-refractivity contribution in [2.45, 2.75) is 25.3 Å². The number of benzene rings is 2. The highest BCUT2D eigenvalue weighted by molar-refractivity contribution is 9.10. The van der Waals surface area contributed by atoms with Crippen molar-refractivity contribution in [2.75, 3.05) is 0 Å². The van der Waals surface area contributed by atoms with E-state index in [1.807, 2.05) is 61.5 Å². The second kappa shape index (κ2) is 6.69. The summed E-state index contributed by atoms with van der Waals surface area (Å²) in [5.41, 5.74) is 1.69. The zero-order valence-electron chi connectivity index (χ0n) is 12.9. The first kappa shape index (κ1) is 16.0. The number of rotatable bonds is 3. The Balaban J connectivity index is 1.93. The smallest absolute Gasteiger partial charge is 0.257 e. The monoisotopic (exact) mass is 371 g/mol. The maximum atomic E-state index is 13.0. The average molecular weight is 372 g/mol. The molecule has 0 unspecified atom stereocenters. The second-order valence-corrected chi connectivity index (χ2v) is 6.38. The summed E-state index contributed by atoms with van der Waals surface area (Å²) in [4.78, 5) is 14.7. The minimum Gasteiger partial charge on any atom is -0.345 e. The van der Waals surface area contributed by atoms with Gasteiger partial charge >= 0.3 is 0 Å². The molecule has 0 aromatic heterocycles. The van der Waals surface area contributed by atoms with Gasteiger partial charge in [-0.15, -0.1) is 0 Å². The highest BCUT2D eigenvalue weighted by atomic mass is 79.9. The molecule has 0 spiro atoms. The Morgan fingerprint density at radius 3 is 2.48 bits per heavy atom. The Bertz CT molecular complexity index is 716. The van der Waals surface area contributed by atoms with Crippen LogP contribution in [0.2, 0.25) is 0 Å². The van der Waals surface area contributed by atoms with E-state index >= 15 is 0 Å². The molecule has 0 bridgehead atoms. The van der Waals surface area contributed by atoms with Crippen LogP contribution in [0.1, 0.15) is 28.9 Å². The normalized spacial score (nSPS) is 23.7. The van der Waals surface area contributed by atoms with Crippen LogP contribution in [0, 0.1) is 0 Å². The summed E-state index contributed by atoms with van der Waals surface area (Å²) >= 11 is 3.45. The Morgan fingerprint density at radius 1 is 1.17 bits per heavy atom. The van der Waals surface area contributed by atoms with E-state index in [0.29, 0.717) is 5.56 Å². The zero-order chi connectivity index (χ0) is 16.4. The Morgan fingerprint density at radius 2 is 1.83 bits per heavy atom. The maximum Gasteiger partial charge on any atom is 0.257 e. The fourth-order valence-corrected chi connectivity index (χ4v) is 3.40. The number of halogens is 1. The molecule has 1 amide bonds. The van der Waals surface area contributed by atoms with Crippen LogP contribution >= 0.6 is 15.9 Å². The molecule has 3 atom stereocenters. The third-order valence-electron chi connectivity index (χ3n) is 4.11. The number of ether oxygens (including phenoxy) is 1. The van der Waals surface area contributed by atoms with Gasteiger partial charge < -0.3 is 9.64 Å². The van der Waals surface area contributed by atoms with Gasteiger partial charge in [0.05, 0.1) is 11.6 Å². The van der Waals surface area contributed by atoms with Crippen LogP contribution in [-0.2, 0) is 4.74 Å². The summed E-state index contributed by atoms with van der Waals surface area (Å²) in [6, 6.07) is 17.3. The number of nitrogens with zero attached hydrogens (tertiary/aromatic N) is 1. The van der Waals surface area contributed by atoms with Gasteiger partial charge in [0.2, 0.25) is 0 Å². The van der Waals surface area contributed by atoms with E-state index in [9.17, 15) is 4.79 Å². The first-order valence-electron chi connectivity index (χ1n) is 7.53. The van der Waals surface area contributed by atoms with Crippen molar-refractivity contribution in [3.8, 4) is 0 Å². The lowest BCUT2D eigenvalue weighted by Gasteiger charge is -2.25. The summed E-state index contributed by atoms with van der Waals surface area (Å²) in [6.45, 7) is 5.83. The standard InChI is InChI=1S/C19H18BrNO2/c1-3-17-21(19(22)15-11-7-8-12-16(15)20)13(2)18(23-17)14-9-5-4-6-10-14/h3-13,17-18H,1H2,2H3/t13-,17-,18-/m0/s1. The van der Waals surface area contributed by atoms with Gasteiger partial charge in [-0.25, -0.2) is 0 Å². The van der Waals surface area contributed by atoms with E-state index in [0.717, 1.165) is 10.0 Å². The molecule has 2 aromatic carbocycles. The van der Waals surface area contributed by atoms with Crippen LogP contribution in [0.4, 0.5) is 0 Å². The molecule has 0 saturated carbocycles. The van der Waals surface area contributed by atoms with E-state index in [1.54, 1.807) is 11.0 Å². The van der Waals surface area contributed by atoms with E-state index in [4.69, 9.17) is 4.74 Å². The van der Waals surface area contributed by atoms with Gasteiger partial charge in [0.25, 0.3) is 5.91 Å². The largest absolute Gasteiger partial charge is 0.345 e. The first-order valence-corrected chi connectivity index (χ1v) is 8.33. The van der Waals surface area contributed by atoms with Crippen molar-refractivity contribution in [1.29, 1.82) is 0 Å². The summed E-state index contributed by atoms with van der Waals surface area (Å²) in [5.74, 6) is -0.0618. The number of carbonyl (C=O) groups is 1. The maximum absolute atomic E-state index is 13.0. The fourth-order valence-electron chi connectivity index (χ4n) is 2.95. The van der Waals surface area contributed by atoms with Gasteiger partial charge in [0, 0.05) is 4.47 Å². The summed E-state index contributed by atoms with van der Waals surface area (Å²) in [6.07, 6.45) is 1.08. The Labute approximate surface area is 144 Å². The van der Waals surface area contributed by atoms with Crippen molar-refractivity contribution in [2.24, 2.45) is 0 Å². The molecule has 1 aliphatic rings. The molecular formula is C19H18BrNO2. The van der Waals surface area contributed by atoms with E-state index in [-0.39, 0.29) is 18.1 Å². The van der Waals surface area contributed by atoms with E-state index in [1.165, 1.54) is 0 Å². The molecule has 0 N–H and O–H groups in total. The predicted octanol–water partition coefficient (Wildman–Crippen LogP) is 4.56. The van der Waals surface area contributed by atoms with Gasteiger partial charge in [-0.2, -0.15) is 0 Å². The van der Waals surface area contributed by atoms with Crippen molar-refractivity contribution in [3.05, 3.63) is 82.9 Å². The number of hydrogen-bond acceptors (Lipinski definition) is 2. The van der Waals surface area contributed by atoms with Crippen LogP contribution in [0.15, 0.2) is 71.7 Å². The zero-order valence-corrected chi connectivity index (χ0v) is 14.4. The minimum atomic E-state index is -0.435. The molecule has 23 heavy (non-hydrogen) atoms. The third kappa shape index (κ3) is 2.96. The van der Waals surface area contributed by atoms with Crippen LogP contribution in [0.3, 0.4) is 0 Å².